The van der Waals surface area contributed by atoms with Crippen molar-refractivity contribution in [3.8, 4) is 11.8 Å². The third-order valence-corrected chi connectivity index (χ3v) is 2.80. The molecule has 0 unspecified atom stereocenters. The lowest BCUT2D eigenvalue weighted by Gasteiger charge is -2.04. The molecule has 0 amide bonds. The van der Waals surface area contributed by atoms with Crippen molar-refractivity contribution in [2.45, 2.75) is 6.42 Å². The van der Waals surface area contributed by atoms with Gasteiger partial charge in [-0.05, 0) is 24.4 Å². The highest BCUT2D eigenvalue weighted by Gasteiger charge is 2.14. The van der Waals surface area contributed by atoms with E-state index < -0.39 is 22.9 Å². The molecule has 0 radical (unpaired) electrons. The molecule has 19 heavy (non-hydrogen) atoms. The van der Waals surface area contributed by atoms with Gasteiger partial charge in [0.1, 0.15) is 0 Å². The van der Waals surface area contributed by atoms with Crippen LogP contribution >= 0.6 is 24.4 Å². The smallest absolute Gasteiger partial charge is 0.259 e. The van der Waals surface area contributed by atoms with E-state index >= 15 is 0 Å². The van der Waals surface area contributed by atoms with Gasteiger partial charge in [-0.15, -0.1) is 0 Å². The molecule has 0 bridgehead atoms. The first-order valence-electron chi connectivity index (χ1n) is 4.97. The Balaban J connectivity index is 2.61. The molecular formula is C9H8N4O4S2. The van der Waals surface area contributed by atoms with Crippen LogP contribution in [0.15, 0.2) is 9.59 Å². The molecule has 6 N–H and O–H groups in total. The summed E-state index contributed by atoms with van der Waals surface area (Å²) in [4.78, 5) is 32.5. The van der Waals surface area contributed by atoms with Gasteiger partial charge in [-0.3, -0.25) is 19.6 Å². The summed E-state index contributed by atoms with van der Waals surface area (Å²) < 4.78 is -0.0892. The number of H-pyrrole nitrogens is 4. The summed E-state index contributed by atoms with van der Waals surface area (Å²) in [5.74, 6) is -0.926. The third kappa shape index (κ3) is 2.63. The van der Waals surface area contributed by atoms with E-state index in [0.717, 1.165) is 0 Å². The largest absolute Gasteiger partial charge is 0.494 e. The normalized spacial score (nSPS) is 10.5. The van der Waals surface area contributed by atoms with Gasteiger partial charge in [0.2, 0.25) is 0 Å². The van der Waals surface area contributed by atoms with Gasteiger partial charge in [0.15, 0.2) is 21.3 Å². The average molecular weight is 300 g/mol. The Labute approximate surface area is 114 Å². The summed E-state index contributed by atoms with van der Waals surface area (Å²) in [6, 6.07) is 0. The number of rotatable bonds is 2. The van der Waals surface area contributed by atoms with Gasteiger partial charge < -0.3 is 20.2 Å². The molecule has 2 aromatic rings. The second kappa shape index (κ2) is 4.82. The Morgan fingerprint density at radius 2 is 1.16 bits per heavy atom. The van der Waals surface area contributed by atoms with Crippen molar-refractivity contribution in [1.82, 2.24) is 19.9 Å². The van der Waals surface area contributed by atoms with Crippen LogP contribution in [-0.2, 0) is 6.42 Å². The fourth-order valence-corrected chi connectivity index (χ4v) is 1.88. The van der Waals surface area contributed by atoms with Gasteiger partial charge in [0.25, 0.3) is 11.1 Å². The number of hydrogen-bond acceptors (Lipinski definition) is 6. The molecule has 2 heterocycles. The first-order chi connectivity index (χ1) is 8.88. The number of aromatic amines is 4. The van der Waals surface area contributed by atoms with E-state index in [9.17, 15) is 19.8 Å². The summed E-state index contributed by atoms with van der Waals surface area (Å²) in [5.41, 5.74) is -1.55. The van der Waals surface area contributed by atoms with Gasteiger partial charge in [-0.25, -0.2) is 0 Å². The molecule has 0 spiro atoms. The quantitative estimate of drug-likeness (QED) is 0.438. The maximum absolute atomic E-state index is 11.6. The lowest BCUT2D eigenvalue weighted by molar-refractivity contribution is 0.435. The Bertz CT molecular complexity index is 788. The molecule has 0 aliphatic carbocycles. The van der Waals surface area contributed by atoms with Crippen LogP contribution in [0.4, 0.5) is 0 Å². The van der Waals surface area contributed by atoms with Gasteiger partial charge in [0, 0.05) is 6.42 Å². The highest BCUT2D eigenvalue weighted by molar-refractivity contribution is 7.71. The molecule has 0 saturated carbocycles. The maximum atomic E-state index is 11.6. The zero-order valence-corrected chi connectivity index (χ0v) is 10.9. The Morgan fingerprint density at radius 1 is 0.789 bits per heavy atom. The fourth-order valence-electron chi connectivity index (χ4n) is 1.51. The van der Waals surface area contributed by atoms with E-state index in [1.807, 2.05) is 0 Å². The SMILES string of the molecule is O=c1[nH]c(=S)[nH]c(O)c1Cc1c(O)[nH]c(=S)[nH]c1=O. The van der Waals surface area contributed by atoms with Gasteiger partial charge >= 0.3 is 0 Å². The van der Waals surface area contributed by atoms with Crippen LogP contribution in [0, 0.1) is 9.54 Å². The van der Waals surface area contributed by atoms with Crippen molar-refractivity contribution >= 4 is 24.4 Å². The maximum Gasteiger partial charge on any atom is 0.259 e. The molecule has 0 atom stereocenters. The molecule has 0 aromatic carbocycles. The van der Waals surface area contributed by atoms with Crippen LogP contribution in [0.5, 0.6) is 11.8 Å². The predicted octanol–water partition coefficient (Wildman–Crippen LogP) is 0.180. The third-order valence-electron chi connectivity index (χ3n) is 2.39. The van der Waals surface area contributed by atoms with Crippen LogP contribution in [0.2, 0.25) is 0 Å². The number of nitrogens with one attached hydrogen (secondary N) is 4. The Hall–Kier alpha value is -2.20. The predicted molar refractivity (Wildman–Crippen MR) is 70.6 cm³/mol. The number of hydrogen-bond donors (Lipinski definition) is 6. The van der Waals surface area contributed by atoms with Crippen LogP contribution in [0.3, 0.4) is 0 Å². The summed E-state index contributed by atoms with van der Waals surface area (Å²) in [6.07, 6.45) is -0.291. The van der Waals surface area contributed by atoms with Crippen molar-refractivity contribution in [2.24, 2.45) is 0 Å². The van der Waals surface area contributed by atoms with Crippen LogP contribution in [-0.4, -0.2) is 30.1 Å². The minimum absolute atomic E-state index is 0.0446. The standard InChI is InChI=1S/C9H8N4O4S2/c14-4-2(5(15)11-8(18)10-4)1-3-6(16)12-9(19)13-7(3)17/h1H2,(H3,10,11,14,15,18)(H3,12,13,16,17,19). The summed E-state index contributed by atoms with van der Waals surface area (Å²) in [5, 5.41) is 19.2. The Morgan fingerprint density at radius 3 is 1.47 bits per heavy atom. The molecule has 2 aromatic heterocycles. The lowest BCUT2D eigenvalue weighted by atomic mass is 10.1. The first-order valence-corrected chi connectivity index (χ1v) is 5.79. The van der Waals surface area contributed by atoms with E-state index in [1.165, 1.54) is 0 Å². The number of aromatic nitrogens is 4. The zero-order chi connectivity index (χ0) is 14.2. The van der Waals surface area contributed by atoms with Crippen molar-refractivity contribution in [3.63, 3.8) is 0 Å². The molecule has 2 rings (SSSR count). The van der Waals surface area contributed by atoms with Crippen LogP contribution < -0.4 is 11.1 Å². The molecule has 10 heteroatoms. The minimum atomic E-state index is -0.650. The van der Waals surface area contributed by atoms with E-state index in [1.54, 1.807) is 0 Å². The molecule has 8 nitrogen and oxygen atoms in total. The van der Waals surface area contributed by atoms with E-state index in [-0.39, 0.29) is 27.1 Å². The number of aromatic hydroxyl groups is 2. The molecular weight excluding hydrogens is 292 g/mol. The molecule has 0 saturated heterocycles. The minimum Gasteiger partial charge on any atom is -0.494 e. The summed E-state index contributed by atoms with van der Waals surface area (Å²) in [6.45, 7) is 0. The van der Waals surface area contributed by atoms with E-state index in [2.05, 4.69) is 44.4 Å². The highest BCUT2D eigenvalue weighted by atomic mass is 32.1. The van der Waals surface area contributed by atoms with Gasteiger partial charge in [-0.2, -0.15) is 0 Å². The van der Waals surface area contributed by atoms with Crippen molar-refractivity contribution in [1.29, 1.82) is 0 Å². The van der Waals surface area contributed by atoms with Gasteiger partial charge in [-0.1, -0.05) is 0 Å². The molecule has 0 fully saturated rings. The van der Waals surface area contributed by atoms with E-state index in [0.29, 0.717) is 0 Å². The second-order valence-corrected chi connectivity index (χ2v) is 4.46. The monoisotopic (exact) mass is 300 g/mol. The summed E-state index contributed by atoms with van der Waals surface area (Å²) in [7, 11) is 0. The van der Waals surface area contributed by atoms with E-state index in [4.69, 9.17) is 0 Å². The molecule has 0 aliphatic heterocycles. The first kappa shape index (κ1) is 13.2. The second-order valence-electron chi connectivity index (χ2n) is 3.65. The topological polar surface area (TPSA) is 138 Å². The fraction of sp³-hybridized carbons (Fsp3) is 0.111. The van der Waals surface area contributed by atoms with Crippen molar-refractivity contribution in [3.05, 3.63) is 41.4 Å². The molecule has 0 aliphatic rings. The zero-order valence-electron chi connectivity index (χ0n) is 9.23. The molecule has 100 valence electrons. The lowest BCUT2D eigenvalue weighted by Crippen LogP contribution is -2.20. The van der Waals surface area contributed by atoms with Crippen molar-refractivity contribution < 1.29 is 10.2 Å². The van der Waals surface area contributed by atoms with Crippen LogP contribution in [0.1, 0.15) is 11.1 Å². The summed E-state index contributed by atoms with van der Waals surface area (Å²) >= 11 is 9.34. The highest BCUT2D eigenvalue weighted by Crippen LogP contribution is 2.15. The Kier molecular flexibility index (Phi) is 3.36. The average Bonchev–Trinajstić information content (AvgIpc) is 2.25. The van der Waals surface area contributed by atoms with Gasteiger partial charge in [0.05, 0.1) is 11.1 Å². The van der Waals surface area contributed by atoms with Crippen molar-refractivity contribution in [2.75, 3.05) is 0 Å². The van der Waals surface area contributed by atoms with Crippen LogP contribution in [0.25, 0.3) is 0 Å².